The van der Waals surface area contributed by atoms with Crippen molar-refractivity contribution in [2.75, 3.05) is 0 Å². The summed E-state index contributed by atoms with van der Waals surface area (Å²) in [6.07, 6.45) is 1.41. The van der Waals surface area contributed by atoms with E-state index in [-0.39, 0.29) is 30.5 Å². The number of phenolic OH excluding ortho intramolecular Hbond substituents is 1. The van der Waals surface area contributed by atoms with E-state index >= 15 is 0 Å². The standard InChI is InChI=1S/C9H5Br2NO4S/c10-5-6(11)9(17(14,15)16)4-2-1-3-12-7(4)8(5)13/h1-3,13H,(H,14,15,16). The number of nitrogens with zero attached hydrogens (tertiary/aromatic N) is 1. The van der Waals surface area contributed by atoms with Gasteiger partial charge >= 0.3 is 0 Å². The number of halogens is 2. The Balaban J connectivity index is 3.12. The van der Waals surface area contributed by atoms with Gasteiger partial charge in [-0.25, -0.2) is 0 Å². The number of pyridine rings is 1. The largest absolute Gasteiger partial charge is 0.505 e. The van der Waals surface area contributed by atoms with Gasteiger partial charge in [-0.1, -0.05) is 0 Å². The molecule has 8 heteroatoms. The van der Waals surface area contributed by atoms with E-state index in [0.717, 1.165) is 0 Å². The van der Waals surface area contributed by atoms with E-state index in [0.29, 0.717) is 0 Å². The Kier molecular flexibility index (Phi) is 3.15. The molecule has 0 atom stereocenters. The summed E-state index contributed by atoms with van der Waals surface area (Å²) in [4.78, 5) is 3.55. The molecule has 0 saturated heterocycles. The lowest BCUT2D eigenvalue weighted by molar-refractivity contribution is 0.474. The zero-order valence-electron chi connectivity index (χ0n) is 8.05. The SMILES string of the molecule is O=S(=O)(O)c1c(Br)c(Br)c(O)c2ncccc12. The summed E-state index contributed by atoms with van der Waals surface area (Å²) in [6.45, 7) is 0. The van der Waals surface area contributed by atoms with Crippen LogP contribution in [-0.4, -0.2) is 23.1 Å². The number of hydrogen-bond donors (Lipinski definition) is 2. The third kappa shape index (κ3) is 2.05. The molecular formula is C9H5Br2NO4S. The first-order valence-corrected chi connectivity index (χ1v) is 7.28. The second kappa shape index (κ2) is 4.20. The van der Waals surface area contributed by atoms with Gasteiger partial charge in [0.2, 0.25) is 0 Å². The highest BCUT2D eigenvalue weighted by atomic mass is 79.9. The Labute approximate surface area is 113 Å². The first kappa shape index (κ1) is 12.7. The number of hydrogen-bond acceptors (Lipinski definition) is 4. The van der Waals surface area contributed by atoms with E-state index in [1.807, 2.05) is 0 Å². The summed E-state index contributed by atoms with van der Waals surface area (Å²) < 4.78 is 32.0. The molecule has 2 N–H and O–H groups in total. The minimum atomic E-state index is -4.43. The monoisotopic (exact) mass is 381 g/mol. The molecule has 0 saturated carbocycles. The maximum Gasteiger partial charge on any atom is 0.296 e. The minimum Gasteiger partial charge on any atom is -0.505 e. The average molecular weight is 383 g/mol. The van der Waals surface area contributed by atoms with Crippen LogP contribution in [0.1, 0.15) is 0 Å². The fourth-order valence-electron chi connectivity index (χ4n) is 1.46. The molecule has 1 aromatic heterocycles. The summed E-state index contributed by atoms with van der Waals surface area (Å²) >= 11 is 6.05. The van der Waals surface area contributed by atoms with Crippen molar-refractivity contribution in [3.63, 3.8) is 0 Å². The van der Waals surface area contributed by atoms with Crippen molar-refractivity contribution in [1.82, 2.24) is 4.98 Å². The van der Waals surface area contributed by atoms with E-state index in [9.17, 15) is 18.1 Å². The second-order valence-electron chi connectivity index (χ2n) is 3.18. The summed E-state index contributed by atoms with van der Waals surface area (Å²) in [5, 5.41) is 9.95. The fourth-order valence-corrected chi connectivity index (χ4v) is 3.76. The van der Waals surface area contributed by atoms with E-state index in [1.165, 1.54) is 18.3 Å². The highest BCUT2D eigenvalue weighted by Crippen LogP contribution is 2.42. The Hall–Kier alpha value is -0.700. The van der Waals surface area contributed by atoms with Crippen LogP contribution in [0, 0.1) is 0 Å². The molecule has 0 aliphatic carbocycles. The number of rotatable bonds is 1. The fraction of sp³-hybridized carbons (Fsp3) is 0. The number of phenols is 1. The Morgan fingerprint density at radius 3 is 2.47 bits per heavy atom. The Morgan fingerprint density at radius 1 is 1.24 bits per heavy atom. The van der Waals surface area contributed by atoms with Crippen LogP contribution >= 0.6 is 31.9 Å². The van der Waals surface area contributed by atoms with Crippen LogP contribution in [0.5, 0.6) is 5.75 Å². The number of aromatic nitrogens is 1. The maximum atomic E-state index is 11.3. The number of benzene rings is 1. The molecule has 2 aromatic rings. The van der Waals surface area contributed by atoms with Crippen molar-refractivity contribution in [2.45, 2.75) is 4.90 Å². The summed E-state index contributed by atoms with van der Waals surface area (Å²) in [5.74, 6) is -0.195. The first-order chi connectivity index (χ1) is 7.84. The van der Waals surface area contributed by atoms with Gasteiger partial charge in [-0.15, -0.1) is 0 Å². The maximum absolute atomic E-state index is 11.3. The highest BCUT2D eigenvalue weighted by molar-refractivity contribution is 9.13. The second-order valence-corrected chi connectivity index (χ2v) is 6.12. The molecule has 1 heterocycles. The third-order valence-corrected chi connectivity index (χ3v) is 5.43. The van der Waals surface area contributed by atoms with Crippen molar-refractivity contribution >= 4 is 52.9 Å². The van der Waals surface area contributed by atoms with Crippen LogP contribution in [0.3, 0.4) is 0 Å². The smallest absolute Gasteiger partial charge is 0.296 e. The lowest BCUT2D eigenvalue weighted by atomic mass is 10.2. The van der Waals surface area contributed by atoms with Gasteiger partial charge in [0.15, 0.2) is 5.75 Å². The van der Waals surface area contributed by atoms with Crippen LogP contribution < -0.4 is 0 Å². The van der Waals surface area contributed by atoms with E-state index < -0.39 is 10.1 Å². The van der Waals surface area contributed by atoms with Crippen molar-refractivity contribution in [1.29, 1.82) is 0 Å². The topological polar surface area (TPSA) is 87.5 Å². The van der Waals surface area contributed by atoms with Crippen molar-refractivity contribution in [3.8, 4) is 5.75 Å². The van der Waals surface area contributed by atoms with Crippen LogP contribution in [0.4, 0.5) is 0 Å². The van der Waals surface area contributed by atoms with E-state index in [1.54, 1.807) is 0 Å². The number of fused-ring (bicyclic) bond motifs is 1. The predicted octanol–water partition coefficient (Wildman–Crippen LogP) is 2.71. The van der Waals surface area contributed by atoms with Gasteiger partial charge in [-0.3, -0.25) is 9.54 Å². The van der Waals surface area contributed by atoms with Gasteiger partial charge < -0.3 is 5.11 Å². The van der Waals surface area contributed by atoms with E-state index in [4.69, 9.17) is 0 Å². The molecule has 90 valence electrons. The molecule has 0 unspecified atom stereocenters. The third-order valence-electron chi connectivity index (χ3n) is 2.13. The van der Waals surface area contributed by atoms with Gasteiger partial charge in [0.05, 0.1) is 8.95 Å². The van der Waals surface area contributed by atoms with Gasteiger partial charge in [0.25, 0.3) is 10.1 Å². The minimum absolute atomic E-state index is 0.0537. The zero-order valence-corrected chi connectivity index (χ0v) is 12.0. The van der Waals surface area contributed by atoms with Crippen LogP contribution in [-0.2, 0) is 10.1 Å². The summed E-state index contributed by atoms with van der Waals surface area (Å²) in [6, 6.07) is 2.96. The van der Waals surface area contributed by atoms with Gasteiger partial charge in [-0.2, -0.15) is 8.42 Å². The molecular weight excluding hydrogens is 378 g/mol. The molecule has 5 nitrogen and oxygen atoms in total. The molecule has 0 aliphatic rings. The van der Waals surface area contributed by atoms with Crippen LogP contribution in [0.2, 0.25) is 0 Å². The molecule has 1 aromatic carbocycles. The molecule has 0 bridgehead atoms. The Bertz CT molecular complexity index is 714. The molecule has 0 fully saturated rings. The molecule has 0 amide bonds. The van der Waals surface area contributed by atoms with Crippen molar-refractivity contribution in [3.05, 3.63) is 27.3 Å². The number of aromatic hydroxyl groups is 1. The normalized spacial score (nSPS) is 11.9. The van der Waals surface area contributed by atoms with Gasteiger partial charge in [-0.05, 0) is 44.0 Å². The van der Waals surface area contributed by atoms with Crippen molar-refractivity contribution < 1.29 is 18.1 Å². The lowest BCUT2D eigenvalue weighted by Crippen LogP contribution is -2.02. The van der Waals surface area contributed by atoms with Gasteiger partial charge in [0, 0.05) is 11.6 Å². The molecule has 0 spiro atoms. The van der Waals surface area contributed by atoms with Crippen molar-refractivity contribution in [2.24, 2.45) is 0 Å². The molecule has 0 radical (unpaired) electrons. The van der Waals surface area contributed by atoms with Crippen LogP contribution in [0.15, 0.2) is 32.2 Å². The highest BCUT2D eigenvalue weighted by Gasteiger charge is 2.24. The lowest BCUT2D eigenvalue weighted by Gasteiger charge is -2.10. The quantitative estimate of drug-likeness (QED) is 0.740. The van der Waals surface area contributed by atoms with Crippen LogP contribution in [0.25, 0.3) is 10.9 Å². The average Bonchev–Trinajstić information content (AvgIpc) is 2.24. The van der Waals surface area contributed by atoms with Gasteiger partial charge in [0.1, 0.15) is 10.4 Å². The summed E-state index contributed by atoms with van der Waals surface area (Å²) in [7, 11) is -4.43. The predicted molar refractivity (Wildman–Crippen MR) is 68.6 cm³/mol. The summed E-state index contributed by atoms with van der Waals surface area (Å²) in [5.41, 5.74) is 0.0928. The first-order valence-electron chi connectivity index (χ1n) is 4.26. The Morgan fingerprint density at radius 2 is 1.88 bits per heavy atom. The van der Waals surface area contributed by atoms with E-state index in [2.05, 4.69) is 36.8 Å². The zero-order chi connectivity index (χ0) is 12.8. The molecule has 0 aliphatic heterocycles. The molecule has 2 rings (SSSR count). The molecule has 17 heavy (non-hydrogen) atoms.